The first-order valence-electron chi connectivity index (χ1n) is 4.58. The Bertz CT molecular complexity index is 454. The molecule has 0 radical (unpaired) electrons. The highest BCUT2D eigenvalue weighted by molar-refractivity contribution is 5.62. The molecule has 0 aliphatic rings. The first-order chi connectivity index (χ1) is 7.31. The normalized spacial score (nSPS) is 10.2. The average Bonchev–Trinajstić information content (AvgIpc) is 2.30. The number of anilines is 1. The molecule has 0 fully saturated rings. The first-order valence-corrected chi connectivity index (χ1v) is 4.58. The Balaban J connectivity index is 2.49. The third-order valence-corrected chi connectivity index (χ3v) is 2.14. The molecule has 1 aromatic carbocycles. The molecule has 2 aromatic rings. The molecule has 4 nitrogen and oxygen atoms in total. The van der Waals surface area contributed by atoms with Crippen LogP contribution in [-0.4, -0.2) is 15.1 Å². The Kier molecular flexibility index (Phi) is 2.60. The molecule has 0 saturated carbocycles. The first kappa shape index (κ1) is 9.61. The van der Waals surface area contributed by atoms with Gasteiger partial charge in [0.1, 0.15) is 5.82 Å². The fourth-order valence-corrected chi connectivity index (χ4v) is 1.39. The third kappa shape index (κ3) is 1.94. The minimum atomic E-state index is -0.0117. The van der Waals surface area contributed by atoms with Gasteiger partial charge in [0.25, 0.3) is 0 Å². The molecular weight excluding hydrogens is 190 g/mol. The third-order valence-electron chi connectivity index (χ3n) is 2.14. The summed E-state index contributed by atoms with van der Waals surface area (Å²) in [6, 6.07) is 7.52. The van der Waals surface area contributed by atoms with Gasteiger partial charge in [0.2, 0.25) is 0 Å². The number of hydrogen-bond donors (Lipinski definition) is 2. The van der Waals surface area contributed by atoms with Crippen LogP contribution in [0.25, 0.3) is 11.3 Å². The molecule has 0 atom stereocenters. The summed E-state index contributed by atoms with van der Waals surface area (Å²) in [6.45, 7) is -0.0117. The van der Waals surface area contributed by atoms with Gasteiger partial charge in [-0.15, -0.1) is 0 Å². The van der Waals surface area contributed by atoms with Gasteiger partial charge in [0, 0.05) is 5.56 Å². The van der Waals surface area contributed by atoms with Crippen LogP contribution >= 0.6 is 0 Å². The molecule has 4 heteroatoms. The Morgan fingerprint density at radius 3 is 2.60 bits per heavy atom. The zero-order valence-electron chi connectivity index (χ0n) is 8.09. The monoisotopic (exact) mass is 201 g/mol. The summed E-state index contributed by atoms with van der Waals surface area (Å²) in [5.41, 5.74) is 7.88. The smallest absolute Gasteiger partial charge is 0.141 e. The van der Waals surface area contributed by atoms with Crippen molar-refractivity contribution in [2.24, 2.45) is 0 Å². The van der Waals surface area contributed by atoms with Crippen molar-refractivity contribution in [2.45, 2.75) is 6.61 Å². The number of aliphatic hydroxyl groups excluding tert-OH is 1. The molecule has 3 N–H and O–H groups in total. The lowest BCUT2D eigenvalue weighted by Crippen LogP contribution is -1.95. The van der Waals surface area contributed by atoms with Crippen LogP contribution in [-0.2, 0) is 6.61 Å². The number of nitrogens with two attached hydrogens (primary N) is 1. The molecule has 0 bridgehead atoms. The topological polar surface area (TPSA) is 72.0 Å². The van der Waals surface area contributed by atoms with E-state index in [2.05, 4.69) is 9.97 Å². The largest absolute Gasteiger partial charge is 0.392 e. The van der Waals surface area contributed by atoms with Gasteiger partial charge in [-0.2, -0.15) is 0 Å². The van der Waals surface area contributed by atoms with Gasteiger partial charge in [0.05, 0.1) is 24.7 Å². The van der Waals surface area contributed by atoms with Crippen LogP contribution in [0.5, 0.6) is 0 Å². The quantitative estimate of drug-likeness (QED) is 0.766. The van der Waals surface area contributed by atoms with E-state index >= 15 is 0 Å². The van der Waals surface area contributed by atoms with E-state index in [1.807, 2.05) is 24.3 Å². The van der Waals surface area contributed by atoms with Gasteiger partial charge < -0.3 is 10.8 Å². The van der Waals surface area contributed by atoms with Gasteiger partial charge in [-0.3, -0.25) is 4.98 Å². The van der Waals surface area contributed by atoms with Crippen molar-refractivity contribution in [3.8, 4) is 11.3 Å². The van der Waals surface area contributed by atoms with Crippen LogP contribution in [0.2, 0.25) is 0 Å². The van der Waals surface area contributed by atoms with Crippen LogP contribution < -0.4 is 5.73 Å². The van der Waals surface area contributed by atoms with E-state index in [-0.39, 0.29) is 6.61 Å². The number of benzene rings is 1. The highest BCUT2D eigenvalue weighted by Crippen LogP contribution is 2.20. The maximum absolute atomic E-state index is 9.16. The summed E-state index contributed by atoms with van der Waals surface area (Å²) in [4.78, 5) is 8.12. The van der Waals surface area contributed by atoms with Gasteiger partial charge in [-0.05, 0) is 5.56 Å². The van der Waals surface area contributed by atoms with E-state index in [4.69, 9.17) is 10.8 Å². The lowest BCUT2D eigenvalue weighted by atomic mass is 10.1. The summed E-state index contributed by atoms with van der Waals surface area (Å²) < 4.78 is 0. The Morgan fingerprint density at radius 2 is 1.93 bits per heavy atom. The van der Waals surface area contributed by atoms with E-state index < -0.39 is 0 Å². The van der Waals surface area contributed by atoms with Gasteiger partial charge >= 0.3 is 0 Å². The maximum Gasteiger partial charge on any atom is 0.141 e. The lowest BCUT2D eigenvalue weighted by Gasteiger charge is -2.05. The van der Waals surface area contributed by atoms with Crippen molar-refractivity contribution in [1.82, 2.24) is 9.97 Å². The second kappa shape index (κ2) is 4.06. The fraction of sp³-hybridized carbons (Fsp3) is 0.0909. The standard InChI is InChI=1S/C11H11N3O/c12-11-6-13-10(5-14-11)9-4-2-1-3-8(9)7-15/h1-6,15H,7H2,(H2,12,14). The molecule has 1 heterocycles. The van der Waals surface area contributed by atoms with Crippen molar-refractivity contribution in [2.75, 3.05) is 5.73 Å². The average molecular weight is 201 g/mol. The second-order valence-corrected chi connectivity index (χ2v) is 3.14. The number of nitrogen functional groups attached to an aromatic ring is 1. The number of hydrogen-bond acceptors (Lipinski definition) is 4. The van der Waals surface area contributed by atoms with Crippen LogP contribution in [0, 0.1) is 0 Å². The Labute approximate surface area is 87.4 Å². The van der Waals surface area contributed by atoms with E-state index in [1.165, 1.54) is 6.20 Å². The summed E-state index contributed by atoms with van der Waals surface area (Å²) >= 11 is 0. The molecule has 0 saturated heterocycles. The minimum Gasteiger partial charge on any atom is -0.392 e. The second-order valence-electron chi connectivity index (χ2n) is 3.14. The van der Waals surface area contributed by atoms with Crippen LogP contribution in [0.3, 0.4) is 0 Å². The molecule has 0 aliphatic heterocycles. The summed E-state index contributed by atoms with van der Waals surface area (Å²) in [7, 11) is 0. The van der Waals surface area contributed by atoms with Crippen molar-refractivity contribution < 1.29 is 5.11 Å². The van der Waals surface area contributed by atoms with Gasteiger partial charge in [-0.25, -0.2) is 4.98 Å². The Morgan fingerprint density at radius 1 is 1.13 bits per heavy atom. The molecule has 0 unspecified atom stereocenters. The summed E-state index contributed by atoms with van der Waals surface area (Å²) in [6.07, 6.45) is 3.10. The lowest BCUT2D eigenvalue weighted by molar-refractivity contribution is 0.282. The number of aromatic nitrogens is 2. The van der Waals surface area contributed by atoms with E-state index in [0.717, 1.165) is 11.1 Å². The van der Waals surface area contributed by atoms with Crippen molar-refractivity contribution in [3.63, 3.8) is 0 Å². The van der Waals surface area contributed by atoms with Gasteiger partial charge in [-0.1, -0.05) is 24.3 Å². The predicted molar refractivity (Wildman–Crippen MR) is 57.8 cm³/mol. The van der Waals surface area contributed by atoms with Crippen LogP contribution in [0.4, 0.5) is 5.82 Å². The van der Waals surface area contributed by atoms with E-state index in [0.29, 0.717) is 11.5 Å². The van der Waals surface area contributed by atoms with E-state index in [9.17, 15) is 0 Å². The number of rotatable bonds is 2. The van der Waals surface area contributed by atoms with E-state index in [1.54, 1.807) is 6.20 Å². The molecular formula is C11H11N3O. The fourth-order valence-electron chi connectivity index (χ4n) is 1.39. The Hall–Kier alpha value is -1.94. The molecule has 15 heavy (non-hydrogen) atoms. The van der Waals surface area contributed by atoms with Crippen LogP contribution in [0.1, 0.15) is 5.56 Å². The summed E-state index contributed by atoms with van der Waals surface area (Å²) in [5.74, 6) is 0.389. The zero-order valence-corrected chi connectivity index (χ0v) is 8.09. The molecule has 0 spiro atoms. The molecule has 0 amide bonds. The highest BCUT2D eigenvalue weighted by atomic mass is 16.3. The molecule has 1 aromatic heterocycles. The SMILES string of the molecule is Nc1cnc(-c2ccccc2CO)cn1. The number of aliphatic hydroxyl groups is 1. The minimum absolute atomic E-state index is 0.0117. The zero-order chi connectivity index (χ0) is 10.7. The van der Waals surface area contributed by atoms with Crippen molar-refractivity contribution in [3.05, 3.63) is 42.2 Å². The number of nitrogens with zero attached hydrogens (tertiary/aromatic N) is 2. The summed E-state index contributed by atoms with van der Waals surface area (Å²) in [5, 5.41) is 9.16. The predicted octanol–water partition coefficient (Wildman–Crippen LogP) is 1.22. The molecule has 76 valence electrons. The highest BCUT2D eigenvalue weighted by Gasteiger charge is 2.04. The molecule has 0 aliphatic carbocycles. The van der Waals surface area contributed by atoms with Gasteiger partial charge in [0.15, 0.2) is 0 Å². The molecule has 2 rings (SSSR count). The van der Waals surface area contributed by atoms with Crippen molar-refractivity contribution in [1.29, 1.82) is 0 Å². The van der Waals surface area contributed by atoms with Crippen molar-refractivity contribution >= 4 is 5.82 Å². The maximum atomic E-state index is 9.16. The van der Waals surface area contributed by atoms with Crippen LogP contribution in [0.15, 0.2) is 36.7 Å².